The molecule has 3 aromatic carbocycles. The van der Waals surface area contributed by atoms with Gasteiger partial charge in [0.05, 0.1) is 71.9 Å². The number of carbonyl (C=O) groups excluding carboxylic acids is 1. The molecular formula is C38H43BrF3N3O7S. The molecule has 0 bridgehead atoms. The average molecular weight is 823 g/mol. The number of aryl methyl sites for hydroxylation is 1. The lowest BCUT2D eigenvalue weighted by atomic mass is 9.84. The first kappa shape index (κ1) is 40.6. The number of benzene rings is 3. The molecule has 0 radical (unpaired) electrons. The van der Waals surface area contributed by atoms with Crippen LogP contribution in [0.1, 0.15) is 51.6 Å². The largest absolute Gasteiger partial charge is 0.493 e. The highest BCUT2D eigenvalue weighted by Gasteiger charge is 2.32. The first-order valence-electron chi connectivity index (χ1n) is 17.2. The Balaban J connectivity index is 1.26. The summed E-state index contributed by atoms with van der Waals surface area (Å²) in [6, 6.07) is 11.9. The van der Waals surface area contributed by atoms with Crippen LogP contribution in [0.3, 0.4) is 0 Å². The van der Waals surface area contributed by atoms with Gasteiger partial charge in [0.2, 0.25) is 0 Å². The standard InChI is InChI=1S/C38H43BrF3N3O7S/c1-47-13-14-51-17-18-52-16-15-50-12-11-43-37(46)24-19-31(41)29(32(42)20-24)23-53-38-44-33-6-4-5-27(28-21-34(48-2)35(49-3)22-30(28)39)36(33)45(38)26-9-7-25(40)8-10-26/h7-10,19-22,27H,4-6,11-18,23H2,1-3H3,(H,43,46). The lowest BCUT2D eigenvalue weighted by molar-refractivity contribution is 0.00414. The fourth-order valence-electron chi connectivity index (χ4n) is 6.01. The van der Waals surface area contributed by atoms with Crippen molar-refractivity contribution in [3.05, 3.63) is 98.5 Å². The Morgan fingerprint density at radius 2 is 1.51 bits per heavy atom. The van der Waals surface area contributed by atoms with E-state index in [1.165, 1.54) is 12.1 Å². The van der Waals surface area contributed by atoms with Crippen LogP contribution in [-0.2, 0) is 31.1 Å². The van der Waals surface area contributed by atoms with Crippen LogP contribution < -0.4 is 14.8 Å². The Labute approximate surface area is 319 Å². The Kier molecular flexibility index (Phi) is 15.5. The van der Waals surface area contributed by atoms with E-state index in [4.69, 9.17) is 33.4 Å². The molecule has 1 unspecified atom stereocenters. The SMILES string of the molecule is COCCOCCOCCOCCNC(=O)c1cc(F)c(CSc2nc3c(n2-c2ccc(F)cc2)C(c2cc(OC)c(OC)cc2Br)CCC3)c(F)c1. The Morgan fingerprint density at radius 1 is 0.887 bits per heavy atom. The van der Waals surface area contributed by atoms with Gasteiger partial charge in [0, 0.05) is 46.6 Å². The van der Waals surface area contributed by atoms with E-state index in [1.807, 2.05) is 16.7 Å². The van der Waals surface area contributed by atoms with Crippen LogP contribution in [0.15, 0.2) is 58.2 Å². The molecular weight excluding hydrogens is 779 g/mol. The summed E-state index contributed by atoms with van der Waals surface area (Å²) in [7, 11) is 4.76. The van der Waals surface area contributed by atoms with Crippen molar-refractivity contribution in [3.8, 4) is 17.2 Å². The molecule has 1 aromatic heterocycles. The number of hydrogen-bond donors (Lipinski definition) is 1. The fraction of sp³-hybridized carbons (Fsp3) is 0.421. The van der Waals surface area contributed by atoms with E-state index >= 15 is 8.78 Å². The number of aromatic nitrogens is 2. The average Bonchev–Trinajstić information content (AvgIpc) is 3.53. The molecule has 0 spiro atoms. The number of amides is 1. The van der Waals surface area contributed by atoms with Crippen molar-refractivity contribution < 1.29 is 46.4 Å². The summed E-state index contributed by atoms with van der Waals surface area (Å²) in [4.78, 5) is 17.7. The maximum atomic E-state index is 15.4. The summed E-state index contributed by atoms with van der Waals surface area (Å²) in [5.41, 5.74) is 3.06. The van der Waals surface area contributed by atoms with Crippen LogP contribution in [0.25, 0.3) is 5.69 Å². The van der Waals surface area contributed by atoms with Crippen molar-refractivity contribution in [2.45, 2.75) is 36.1 Å². The Morgan fingerprint density at radius 3 is 2.15 bits per heavy atom. The molecule has 1 N–H and O–H groups in total. The zero-order valence-corrected chi connectivity index (χ0v) is 32.3. The van der Waals surface area contributed by atoms with Crippen LogP contribution in [0.4, 0.5) is 13.2 Å². The summed E-state index contributed by atoms with van der Waals surface area (Å²) in [6.07, 6.45) is 2.37. The quantitative estimate of drug-likeness (QED) is 0.0730. The van der Waals surface area contributed by atoms with E-state index in [-0.39, 0.29) is 35.9 Å². The highest BCUT2D eigenvalue weighted by molar-refractivity contribution is 9.10. The van der Waals surface area contributed by atoms with Crippen LogP contribution in [0.5, 0.6) is 11.5 Å². The molecule has 53 heavy (non-hydrogen) atoms. The monoisotopic (exact) mass is 821 g/mol. The second kappa shape index (κ2) is 20.2. The van der Waals surface area contributed by atoms with Crippen molar-refractivity contribution in [1.82, 2.24) is 14.9 Å². The van der Waals surface area contributed by atoms with Crippen molar-refractivity contribution in [3.63, 3.8) is 0 Å². The smallest absolute Gasteiger partial charge is 0.251 e. The number of thioether (sulfide) groups is 1. The normalized spacial score (nSPS) is 13.9. The lowest BCUT2D eigenvalue weighted by Crippen LogP contribution is -2.28. The van der Waals surface area contributed by atoms with Gasteiger partial charge in [0.25, 0.3) is 5.91 Å². The maximum absolute atomic E-state index is 15.4. The summed E-state index contributed by atoms with van der Waals surface area (Å²) >= 11 is 4.88. The van der Waals surface area contributed by atoms with Gasteiger partial charge in [-0.25, -0.2) is 18.2 Å². The molecule has 5 rings (SSSR count). The number of carbonyl (C=O) groups is 1. The second-order valence-corrected chi connectivity index (χ2v) is 13.8. The molecule has 1 amide bonds. The molecule has 15 heteroatoms. The van der Waals surface area contributed by atoms with Crippen molar-refractivity contribution >= 4 is 33.6 Å². The minimum absolute atomic E-state index is 0.101. The zero-order valence-electron chi connectivity index (χ0n) is 29.9. The highest BCUT2D eigenvalue weighted by atomic mass is 79.9. The number of methoxy groups -OCH3 is 3. The van der Waals surface area contributed by atoms with Crippen molar-refractivity contribution in [2.24, 2.45) is 0 Å². The fourth-order valence-corrected chi connectivity index (χ4v) is 7.67. The van der Waals surface area contributed by atoms with Gasteiger partial charge in [-0.3, -0.25) is 9.36 Å². The minimum Gasteiger partial charge on any atom is -0.493 e. The molecule has 1 heterocycles. The van der Waals surface area contributed by atoms with Gasteiger partial charge in [-0.05, 0) is 73.4 Å². The summed E-state index contributed by atoms with van der Waals surface area (Å²) in [5, 5.41) is 3.13. The molecule has 0 saturated carbocycles. The van der Waals surface area contributed by atoms with Crippen LogP contribution in [0.2, 0.25) is 0 Å². The van der Waals surface area contributed by atoms with Crippen molar-refractivity contribution in [2.75, 3.05) is 74.1 Å². The first-order chi connectivity index (χ1) is 25.7. The number of ether oxygens (including phenoxy) is 6. The van der Waals surface area contributed by atoms with Crippen LogP contribution in [0, 0.1) is 17.5 Å². The van der Waals surface area contributed by atoms with E-state index in [0.29, 0.717) is 68.4 Å². The van der Waals surface area contributed by atoms with Gasteiger partial charge in [-0.1, -0.05) is 27.7 Å². The summed E-state index contributed by atoms with van der Waals surface area (Å²) < 4.78 is 79.8. The molecule has 1 aliphatic rings. The van der Waals surface area contributed by atoms with Gasteiger partial charge in [0.1, 0.15) is 17.5 Å². The summed E-state index contributed by atoms with van der Waals surface area (Å²) in [5.74, 6) is -1.78. The van der Waals surface area contributed by atoms with Gasteiger partial charge in [-0.2, -0.15) is 0 Å². The Hall–Kier alpha value is -3.60. The molecule has 0 fully saturated rings. The predicted molar refractivity (Wildman–Crippen MR) is 198 cm³/mol. The zero-order chi connectivity index (χ0) is 37.7. The van der Waals surface area contributed by atoms with E-state index < -0.39 is 23.4 Å². The first-order valence-corrected chi connectivity index (χ1v) is 18.9. The maximum Gasteiger partial charge on any atom is 0.251 e. The van der Waals surface area contributed by atoms with Gasteiger partial charge >= 0.3 is 0 Å². The predicted octanol–water partition coefficient (Wildman–Crippen LogP) is 7.26. The third kappa shape index (κ3) is 10.5. The number of nitrogens with zero attached hydrogens (tertiary/aromatic N) is 2. The third-order valence-electron chi connectivity index (χ3n) is 8.61. The Bertz CT molecular complexity index is 1810. The lowest BCUT2D eigenvalue weighted by Gasteiger charge is -2.27. The number of fused-ring (bicyclic) bond motifs is 1. The van der Waals surface area contributed by atoms with Crippen molar-refractivity contribution in [1.29, 1.82) is 0 Å². The highest BCUT2D eigenvalue weighted by Crippen LogP contribution is 2.46. The molecule has 1 atom stereocenters. The second-order valence-electron chi connectivity index (χ2n) is 12.0. The van der Waals surface area contributed by atoms with Gasteiger partial charge < -0.3 is 33.7 Å². The van der Waals surface area contributed by atoms with Crippen LogP contribution in [-0.4, -0.2) is 89.6 Å². The number of nitrogens with one attached hydrogen (secondary N) is 1. The number of halogens is 4. The molecule has 0 aliphatic heterocycles. The molecule has 4 aromatic rings. The molecule has 286 valence electrons. The number of rotatable bonds is 20. The van der Waals surface area contributed by atoms with E-state index in [0.717, 1.165) is 58.2 Å². The number of imidazole rings is 1. The van der Waals surface area contributed by atoms with E-state index in [1.54, 1.807) is 33.5 Å². The van der Waals surface area contributed by atoms with E-state index in [2.05, 4.69) is 21.2 Å². The van der Waals surface area contributed by atoms with Gasteiger partial charge in [-0.15, -0.1) is 0 Å². The molecule has 0 saturated heterocycles. The molecule has 1 aliphatic carbocycles. The number of hydrogen-bond acceptors (Lipinski definition) is 9. The minimum atomic E-state index is -0.848. The topological polar surface area (TPSA) is 102 Å². The van der Waals surface area contributed by atoms with Gasteiger partial charge in [0.15, 0.2) is 16.7 Å². The third-order valence-corrected chi connectivity index (χ3v) is 10.3. The van der Waals surface area contributed by atoms with E-state index in [9.17, 15) is 9.18 Å². The summed E-state index contributed by atoms with van der Waals surface area (Å²) in [6.45, 7) is 2.93. The van der Waals surface area contributed by atoms with Crippen LogP contribution >= 0.6 is 27.7 Å². The molecule has 10 nitrogen and oxygen atoms in total.